The normalized spacial score (nSPS) is 10.6. The second kappa shape index (κ2) is 9.09. The molecule has 3 N–H and O–H groups in total. The molecule has 2 aromatic carbocycles. The highest BCUT2D eigenvalue weighted by Gasteiger charge is 2.11. The maximum atomic E-state index is 12.5. The van der Waals surface area contributed by atoms with Crippen molar-refractivity contribution in [1.82, 2.24) is 19.9 Å². The number of H-pyrrole nitrogens is 1. The first-order chi connectivity index (χ1) is 15.5. The maximum Gasteiger partial charge on any atom is 0.329 e. The fraction of sp³-hybridized carbons (Fsp3) is 0.0870. The van der Waals surface area contributed by atoms with Gasteiger partial charge in [0.1, 0.15) is 6.54 Å². The molecule has 32 heavy (non-hydrogen) atoms. The van der Waals surface area contributed by atoms with E-state index in [2.05, 4.69) is 20.6 Å². The third kappa shape index (κ3) is 4.62. The number of carbonyl (C=O) groups is 2. The van der Waals surface area contributed by atoms with E-state index in [4.69, 9.17) is 0 Å². The van der Waals surface area contributed by atoms with Crippen LogP contribution in [0.15, 0.2) is 82.6 Å². The lowest BCUT2D eigenvalue weighted by Crippen LogP contribution is -2.40. The molecule has 2 aromatic heterocycles. The summed E-state index contributed by atoms with van der Waals surface area (Å²) in [7, 11) is 0. The minimum atomic E-state index is -0.648. The maximum absolute atomic E-state index is 12.5. The van der Waals surface area contributed by atoms with Gasteiger partial charge in [-0.05, 0) is 42.0 Å². The number of fused-ring (bicyclic) bond motifs is 1. The molecule has 0 radical (unpaired) electrons. The topological polar surface area (TPSA) is 126 Å². The van der Waals surface area contributed by atoms with Crippen molar-refractivity contribution in [2.75, 3.05) is 5.32 Å². The second-order valence-corrected chi connectivity index (χ2v) is 7.03. The van der Waals surface area contributed by atoms with Crippen LogP contribution in [0, 0.1) is 0 Å². The van der Waals surface area contributed by atoms with Crippen molar-refractivity contribution in [1.29, 1.82) is 0 Å². The molecule has 0 bridgehead atoms. The lowest BCUT2D eigenvalue weighted by molar-refractivity contribution is -0.121. The number of para-hydroxylation sites is 1. The third-order valence-corrected chi connectivity index (χ3v) is 4.81. The molecule has 9 heteroatoms. The summed E-state index contributed by atoms with van der Waals surface area (Å²) in [5.74, 6) is -0.761. The number of pyridine rings is 1. The Labute approximate surface area is 181 Å². The number of hydrogen-bond acceptors (Lipinski definition) is 5. The molecule has 0 atom stereocenters. The van der Waals surface area contributed by atoms with Crippen molar-refractivity contribution < 1.29 is 9.59 Å². The summed E-state index contributed by atoms with van der Waals surface area (Å²) in [5, 5.41) is 5.81. The van der Waals surface area contributed by atoms with Gasteiger partial charge in [0, 0.05) is 30.2 Å². The van der Waals surface area contributed by atoms with Crippen LogP contribution >= 0.6 is 0 Å². The fourth-order valence-electron chi connectivity index (χ4n) is 3.21. The van der Waals surface area contributed by atoms with Gasteiger partial charge in [-0.2, -0.15) is 0 Å². The van der Waals surface area contributed by atoms with E-state index in [0.717, 1.165) is 10.1 Å². The summed E-state index contributed by atoms with van der Waals surface area (Å²) in [5.41, 5.74) is 1.03. The first kappa shape index (κ1) is 20.7. The first-order valence-corrected chi connectivity index (χ1v) is 9.80. The first-order valence-electron chi connectivity index (χ1n) is 9.80. The molecule has 0 unspecified atom stereocenters. The van der Waals surface area contributed by atoms with Crippen molar-refractivity contribution in [2.24, 2.45) is 0 Å². The lowest BCUT2D eigenvalue weighted by Gasteiger charge is -2.10. The standard InChI is InChI=1S/C23H19N5O4/c29-20(14-28-22(31)18-6-1-2-7-19(18)27-23(28)32)25-13-15-4-3-5-17(12-15)26-21(30)16-8-10-24-11-9-16/h1-12H,13-14H2,(H,25,29)(H,26,30)(H,27,32). The molecule has 2 amide bonds. The number of hydrogen-bond donors (Lipinski definition) is 3. The minimum Gasteiger partial charge on any atom is -0.350 e. The highest BCUT2D eigenvalue weighted by molar-refractivity contribution is 6.04. The van der Waals surface area contributed by atoms with Gasteiger partial charge in [0.05, 0.1) is 10.9 Å². The zero-order chi connectivity index (χ0) is 22.5. The molecule has 0 aliphatic rings. The van der Waals surface area contributed by atoms with Gasteiger partial charge in [-0.3, -0.25) is 23.9 Å². The van der Waals surface area contributed by atoms with Crippen LogP contribution in [0.2, 0.25) is 0 Å². The Hall–Kier alpha value is -4.53. The number of aromatic nitrogens is 3. The molecule has 0 fully saturated rings. The monoisotopic (exact) mass is 429 g/mol. The van der Waals surface area contributed by atoms with Crippen molar-refractivity contribution in [2.45, 2.75) is 13.1 Å². The zero-order valence-electron chi connectivity index (χ0n) is 16.9. The van der Waals surface area contributed by atoms with Gasteiger partial charge >= 0.3 is 5.69 Å². The van der Waals surface area contributed by atoms with Gasteiger partial charge in [-0.25, -0.2) is 4.79 Å². The quantitative estimate of drug-likeness (QED) is 0.430. The number of aromatic amines is 1. The van der Waals surface area contributed by atoms with Crippen molar-refractivity contribution in [3.8, 4) is 0 Å². The highest BCUT2D eigenvalue weighted by Crippen LogP contribution is 2.12. The number of carbonyl (C=O) groups excluding carboxylic acids is 2. The Balaban J connectivity index is 1.41. The van der Waals surface area contributed by atoms with Crippen LogP contribution in [0.4, 0.5) is 5.69 Å². The van der Waals surface area contributed by atoms with Crippen LogP contribution in [-0.2, 0) is 17.9 Å². The summed E-state index contributed by atoms with van der Waals surface area (Å²) in [6.07, 6.45) is 3.07. The van der Waals surface area contributed by atoms with E-state index < -0.39 is 23.7 Å². The number of nitrogens with zero attached hydrogens (tertiary/aromatic N) is 2. The summed E-state index contributed by atoms with van der Waals surface area (Å²) < 4.78 is 0.864. The second-order valence-electron chi connectivity index (χ2n) is 7.03. The SMILES string of the molecule is O=C(Cn1c(=O)[nH]c2ccccc2c1=O)NCc1cccc(NC(=O)c2ccncc2)c1. The fourth-order valence-corrected chi connectivity index (χ4v) is 3.21. The van der Waals surface area contributed by atoms with E-state index >= 15 is 0 Å². The van der Waals surface area contributed by atoms with Crippen molar-refractivity contribution >= 4 is 28.4 Å². The highest BCUT2D eigenvalue weighted by atomic mass is 16.2. The Bertz CT molecular complexity index is 1410. The molecule has 0 aliphatic carbocycles. The summed E-state index contributed by atoms with van der Waals surface area (Å²) in [4.78, 5) is 55.9. The Kier molecular flexibility index (Phi) is 5.89. The Morgan fingerprint density at radius 3 is 2.56 bits per heavy atom. The van der Waals surface area contributed by atoms with Gasteiger partial charge in [0.15, 0.2) is 0 Å². The molecule has 160 valence electrons. The largest absolute Gasteiger partial charge is 0.350 e. The lowest BCUT2D eigenvalue weighted by atomic mass is 10.2. The number of anilines is 1. The molecule has 9 nitrogen and oxygen atoms in total. The van der Waals surface area contributed by atoms with Crippen molar-refractivity contribution in [3.05, 3.63) is 105 Å². The predicted molar refractivity (Wildman–Crippen MR) is 119 cm³/mol. The van der Waals surface area contributed by atoms with Gasteiger partial charge in [-0.15, -0.1) is 0 Å². The smallest absolute Gasteiger partial charge is 0.329 e. The van der Waals surface area contributed by atoms with Gasteiger partial charge in [-0.1, -0.05) is 24.3 Å². The molecular weight excluding hydrogens is 410 g/mol. The molecule has 0 aliphatic heterocycles. The minimum absolute atomic E-state index is 0.165. The number of rotatable bonds is 6. The molecule has 4 rings (SSSR count). The molecule has 0 saturated heterocycles. The van der Waals surface area contributed by atoms with E-state index in [1.54, 1.807) is 60.7 Å². The van der Waals surface area contributed by atoms with E-state index in [-0.39, 0.29) is 12.5 Å². The number of benzene rings is 2. The van der Waals surface area contributed by atoms with Crippen LogP contribution in [0.5, 0.6) is 0 Å². The average Bonchev–Trinajstić information content (AvgIpc) is 2.81. The van der Waals surface area contributed by atoms with Crippen LogP contribution in [0.1, 0.15) is 15.9 Å². The van der Waals surface area contributed by atoms with E-state index in [0.29, 0.717) is 22.2 Å². The Morgan fingerprint density at radius 2 is 1.75 bits per heavy atom. The van der Waals surface area contributed by atoms with Crippen LogP contribution in [0.3, 0.4) is 0 Å². The van der Waals surface area contributed by atoms with Gasteiger partial charge in [0.2, 0.25) is 5.91 Å². The number of amides is 2. The predicted octanol–water partition coefficient (Wildman–Crippen LogP) is 1.65. The van der Waals surface area contributed by atoms with Crippen LogP contribution < -0.4 is 21.9 Å². The summed E-state index contributed by atoms with van der Waals surface area (Å²) in [6.45, 7) is -0.241. The third-order valence-electron chi connectivity index (χ3n) is 4.81. The molecule has 2 heterocycles. The van der Waals surface area contributed by atoms with E-state index in [1.807, 2.05) is 0 Å². The van der Waals surface area contributed by atoms with Gasteiger partial charge in [0.25, 0.3) is 11.5 Å². The molecule has 4 aromatic rings. The van der Waals surface area contributed by atoms with Crippen LogP contribution in [0.25, 0.3) is 10.9 Å². The molecule has 0 spiro atoms. The van der Waals surface area contributed by atoms with Crippen LogP contribution in [-0.4, -0.2) is 26.3 Å². The average molecular weight is 429 g/mol. The van der Waals surface area contributed by atoms with E-state index in [9.17, 15) is 19.2 Å². The summed E-state index contributed by atoms with van der Waals surface area (Å²) >= 11 is 0. The van der Waals surface area contributed by atoms with E-state index in [1.165, 1.54) is 12.4 Å². The Morgan fingerprint density at radius 1 is 0.969 bits per heavy atom. The summed E-state index contributed by atoms with van der Waals surface area (Å²) in [6, 6.07) is 16.8. The zero-order valence-corrected chi connectivity index (χ0v) is 16.9. The van der Waals surface area contributed by atoms with Crippen molar-refractivity contribution in [3.63, 3.8) is 0 Å². The molecular formula is C23H19N5O4. The molecule has 0 saturated carbocycles. The van der Waals surface area contributed by atoms with Gasteiger partial charge < -0.3 is 15.6 Å². The number of nitrogens with one attached hydrogen (secondary N) is 3.